The van der Waals surface area contributed by atoms with Gasteiger partial charge in [-0.05, 0) is 99.0 Å². The molecule has 0 amide bonds. The van der Waals surface area contributed by atoms with E-state index < -0.39 is 0 Å². The molecule has 3 heterocycles. The van der Waals surface area contributed by atoms with Crippen molar-refractivity contribution in [2.75, 3.05) is 20.1 Å². The fourth-order valence-corrected chi connectivity index (χ4v) is 5.04. The van der Waals surface area contributed by atoms with Gasteiger partial charge in [0.25, 0.3) is 0 Å². The van der Waals surface area contributed by atoms with E-state index >= 15 is 0 Å². The molecule has 0 aliphatic carbocycles. The topological polar surface area (TPSA) is 44.3 Å². The molecule has 6 heteroatoms. The van der Waals surface area contributed by atoms with E-state index in [0.29, 0.717) is 31.7 Å². The minimum atomic E-state index is -0.293. The number of benzene rings is 1. The molecule has 0 spiro atoms. The van der Waals surface area contributed by atoms with Gasteiger partial charge in [-0.2, -0.15) is 5.26 Å². The number of halogens is 2. The predicted molar refractivity (Wildman–Crippen MR) is 133 cm³/mol. The van der Waals surface area contributed by atoms with E-state index in [-0.39, 0.29) is 5.82 Å². The molecule has 4 rings (SSSR count). The number of aromatic nitrogens is 2. The van der Waals surface area contributed by atoms with E-state index in [1.165, 1.54) is 24.5 Å². The van der Waals surface area contributed by atoms with Crippen LogP contribution in [0.5, 0.6) is 0 Å². The molecule has 2 aromatic heterocycles. The highest BCUT2D eigenvalue weighted by Crippen LogP contribution is 2.25. The average molecular weight is 528 g/mol. The Balaban J connectivity index is 1.97. The molecule has 1 aliphatic rings. The molecule has 0 saturated carbocycles. The molecule has 1 aromatic carbocycles. The summed E-state index contributed by atoms with van der Waals surface area (Å²) in [7, 11) is 2.19. The number of allylic oxidation sites excluding steroid dienone is 2. The highest BCUT2D eigenvalue weighted by molar-refractivity contribution is 14.1. The maximum Gasteiger partial charge on any atom is 0.156 e. The second kappa shape index (κ2) is 9.09. The minimum Gasteiger partial charge on any atom is -0.306 e. The normalized spacial score (nSPS) is 19.1. The van der Waals surface area contributed by atoms with Crippen molar-refractivity contribution >= 4 is 51.4 Å². The van der Waals surface area contributed by atoms with Crippen molar-refractivity contribution in [2.24, 2.45) is 5.92 Å². The third kappa shape index (κ3) is 4.26. The molecule has 0 bridgehead atoms. The lowest BCUT2D eigenvalue weighted by molar-refractivity contribution is 0.342. The van der Waals surface area contributed by atoms with Crippen molar-refractivity contribution < 1.29 is 4.39 Å². The second-order valence-corrected chi connectivity index (χ2v) is 9.55. The number of nitriles is 1. The number of likely N-dealkylation sites (tertiary alicyclic amines) is 1. The van der Waals surface area contributed by atoms with Gasteiger partial charge in [-0.25, -0.2) is 9.37 Å². The van der Waals surface area contributed by atoms with E-state index in [1.807, 2.05) is 46.1 Å². The molecule has 1 unspecified atom stereocenters. The number of hydrogen-bond acceptors (Lipinski definition) is 3. The quantitative estimate of drug-likeness (QED) is 0.475. The Morgan fingerprint density at radius 1 is 1.35 bits per heavy atom. The van der Waals surface area contributed by atoms with Crippen molar-refractivity contribution in [3.8, 4) is 6.07 Å². The van der Waals surface area contributed by atoms with Crippen LogP contribution in [-0.4, -0.2) is 34.4 Å². The number of fused-ring (bicyclic) bond motifs is 3. The number of hydrogen-bond donors (Lipinski definition) is 0. The monoisotopic (exact) mass is 528 g/mol. The van der Waals surface area contributed by atoms with Crippen LogP contribution in [0, 0.1) is 26.6 Å². The minimum absolute atomic E-state index is 0.293. The highest BCUT2D eigenvalue weighted by Gasteiger charge is 2.18. The summed E-state index contributed by atoms with van der Waals surface area (Å²) in [6.07, 6.45) is 8.68. The molecule has 1 saturated heterocycles. The van der Waals surface area contributed by atoms with Crippen LogP contribution in [0.25, 0.3) is 28.8 Å². The van der Waals surface area contributed by atoms with Gasteiger partial charge < -0.3 is 4.90 Å². The molecular formula is C25H26FIN4. The smallest absolute Gasteiger partial charge is 0.156 e. The van der Waals surface area contributed by atoms with Crippen LogP contribution in [0.1, 0.15) is 38.2 Å². The fourth-order valence-electron chi connectivity index (χ4n) is 4.59. The molecule has 4 nitrogen and oxygen atoms in total. The van der Waals surface area contributed by atoms with Crippen LogP contribution in [0.4, 0.5) is 4.39 Å². The van der Waals surface area contributed by atoms with E-state index in [2.05, 4.69) is 35.7 Å². The number of nitrogens with zero attached hydrogens (tertiary/aromatic N) is 4. The number of pyridine rings is 1. The van der Waals surface area contributed by atoms with Crippen LogP contribution in [-0.2, 0) is 0 Å². The predicted octanol–water partition coefficient (Wildman–Crippen LogP) is 4.36. The Morgan fingerprint density at radius 3 is 2.90 bits per heavy atom. The van der Waals surface area contributed by atoms with Gasteiger partial charge in [0.1, 0.15) is 11.9 Å². The standard InChI is InChI=1S/C25H26FIN4/c1-4-6-18(11-17-7-5-9-30(3)10-8-17)20-12-19(15-28)25-29-23-14-22(27)21(26)13-24(23)31(25)16(20)2/h4,6,12-14,17H,2,5,7-11H2,1,3H3/b6-4-,20-18+. The Morgan fingerprint density at radius 2 is 2.16 bits per heavy atom. The van der Waals surface area contributed by atoms with Gasteiger partial charge in [-0.3, -0.25) is 4.40 Å². The molecule has 1 aliphatic heterocycles. The third-order valence-electron chi connectivity index (χ3n) is 6.22. The average Bonchev–Trinajstić information content (AvgIpc) is 2.97. The zero-order chi connectivity index (χ0) is 22.1. The first kappa shape index (κ1) is 22.0. The van der Waals surface area contributed by atoms with Crippen molar-refractivity contribution in [2.45, 2.75) is 32.6 Å². The molecule has 3 aromatic rings. The zero-order valence-corrected chi connectivity index (χ0v) is 20.1. The first-order valence-corrected chi connectivity index (χ1v) is 11.7. The van der Waals surface area contributed by atoms with Gasteiger partial charge in [-0.15, -0.1) is 0 Å². The van der Waals surface area contributed by atoms with Crippen molar-refractivity contribution in [1.29, 1.82) is 5.26 Å². The van der Waals surface area contributed by atoms with Crippen LogP contribution in [0.2, 0.25) is 0 Å². The fraction of sp³-hybridized carbons (Fsp3) is 0.360. The van der Waals surface area contributed by atoms with Gasteiger partial charge in [0.05, 0.1) is 20.2 Å². The largest absolute Gasteiger partial charge is 0.306 e. The van der Waals surface area contributed by atoms with E-state index in [1.54, 1.807) is 6.07 Å². The summed E-state index contributed by atoms with van der Waals surface area (Å²) >= 11 is 1.97. The lowest BCUT2D eigenvalue weighted by atomic mass is 9.91. The number of rotatable bonds is 3. The summed E-state index contributed by atoms with van der Waals surface area (Å²) in [6, 6.07) is 7.41. The SMILES string of the molecule is C=c1/c(=C(\C=C/C)CC2CCCN(C)CC2)cc(C#N)c2nc3cc(I)c(F)cc3n12. The summed E-state index contributed by atoms with van der Waals surface area (Å²) < 4.78 is 16.7. The van der Waals surface area contributed by atoms with Crippen LogP contribution in [0.3, 0.4) is 0 Å². The number of imidazole rings is 1. The molecule has 160 valence electrons. The Bertz CT molecular complexity index is 1330. The molecular weight excluding hydrogens is 502 g/mol. The van der Waals surface area contributed by atoms with Crippen molar-refractivity contribution in [3.63, 3.8) is 0 Å². The van der Waals surface area contributed by atoms with Crippen LogP contribution < -0.4 is 10.6 Å². The molecule has 0 radical (unpaired) electrons. The molecule has 1 atom stereocenters. The van der Waals surface area contributed by atoms with Crippen molar-refractivity contribution in [1.82, 2.24) is 14.3 Å². The zero-order valence-electron chi connectivity index (χ0n) is 18.0. The molecule has 31 heavy (non-hydrogen) atoms. The summed E-state index contributed by atoms with van der Waals surface area (Å²) in [4.78, 5) is 7.03. The maximum atomic E-state index is 14.4. The second-order valence-electron chi connectivity index (χ2n) is 8.39. The lowest BCUT2D eigenvalue weighted by Crippen LogP contribution is -2.33. The van der Waals surface area contributed by atoms with Crippen molar-refractivity contribution in [3.05, 3.63) is 55.9 Å². The first-order valence-electron chi connectivity index (χ1n) is 10.7. The van der Waals surface area contributed by atoms with Crippen LogP contribution in [0.15, 0.2) is 30.4 Å². The lowest BCUT2D eigenvalue weighted by Gasteiger charge is -2.16. The van der Waals surface area contributed by atoms with Gasteiger partial charge in [-0.1, -0.05) is 18.7 Å². The van der Waals surface area contributed by atoms with E-state index in [4.69, 9.17) is 0 Å². The van der Waals surface area contributed by atoms with E-state index in [9.17, 15) is 9.65 Å². The summed E-state index contributed by atoms with van der Waals surface area (Å²) in [5.74, 6) is 0.300. The molecule has 1 fully saturated rings. The van der Waals surface area contributed by atoms with E-state index in [0.717, 1.165) is 36.5 Å². The summed E-state index contributed by atoms with van der Waals surface area (Å²) in [5.41, 5.74) is 3.50. The van der Waals surface area contributed by atoms with Gasteiger partial charge in [0, 0.05) is 16.6 Å². The summed E-state index contributed by atoms with van der Waals surface area (Å²) in [6.45, 7) is 8.62. The third-order valence-corrected chi connectivity index (χ3v) is 7.05. The Labute approximate surface area is 195 Å². The van der Waals surface area contributed by atoms with Gasteiger partial charge in [0.15, 0.2) is 5.65 Å². The first-order chi connectivity index (χ1) is 14.9. The summed E-state index contributed by atoms with van der Waals surface area (Å²) in [5, 5.41) is 11.5. The Hall–Kier alpha value is -2.24. The highest BCUT2D eigenvalue weighted by atomic mass is 127. The maximum absolute atomic E-state index is 14.4. The Kier molecular flexibility index (Phi) is 6.44. The van der Waals surface area contributed by atoms with Gasteiger partial charge in [0.2, 0.25) is 0 Å². The van der Waals surface area contributed by atoms with Crippen LogP contribution >= 0.6 is 22.6 Å². The van der Waals surface area contributed by atoms with Gasteiger partial charge >= 0.3 is 0 Å². The molecule has 0 N–H and O–H groups in total.